The lowest BCUT2D eigenvalue weighted by Gasteiger charge is -2.26. The standard InChI is InChI=1S/C17H26N2O2/c1-12(2)9-18(10-13(3)4)11-19-15-8-14(5)6-7-16(15)21-17(19)20/h6-8,12-13H,9-11H2,1-5H3. The molecule has 0 atom stereocenters. The highest BCUT2D eigenvalue weighted by atomic mass is 16.4. The fraction of sp³-hybridized carbons (Fsp3) is 0.588. The van der Waals surface area contributed by atoms with Gasteiger partial charge in [-0.05, 0) is 36.5 Å². The van der Waals surface area contributed by atoms with Gasteiger partial charge in [0.15, 0.2) is 5.58 Å². The number of hydrogen-bond acceptors (Lipinski definition) is 3. The maximum absolute atomic E-state index is 12.1. The molecule has 0 saturated carbocycles. The number of aryl methyl sites for hydroxylation is 1. The maximum atomic E-state index is 12.1. The second kappa shape index (κ2) is 6.48. The fourth-order valence-electron chi connectivity index (χ4n) is 2.73. The van der Waals surface area contributed by atoms with Crippen molar-refractivity contribution < 1.29 is 4.42 Å². The fourth-order valence-corrected chi connectivity index (χ4v) is 2.73. The third-order valence-electron chi connectivity index (χ3n) is 3.41. The van der Waals surface area contributed by atoms with Crippen LogP contribution in [0.4, 0.5) is 0 Å². The van der Waals surface area contributed by atoms with Gasteiger partial charge in [0.2, 0.25) is 0 Å². The molecule has 0 unspecified atom stereocenters. The van der Waals surface area contributed by atoms with Crippen LogP contribution in [-0.4, -0.2) is 22.6 Å². The van der Waals surface area contributed by atoms with Gasteiger partial charge in [-0.2, -0.15) is 0 Å². The van der Waals surface area contributed by atoms with Crippen LogP contribution >= 0.6 is 0 Å². The summed E-state index contributed by atoms with van der Waals surface area (Å²) in [5, 5.41) is 0. The Balaban J connectivity index is 2.33. The van der Waals surface area contributed by atoms with Crippen molar-refractivity contribution in [3.05, 3.63) is 34.3 Å². The Morgan fingerprint density at radius 1 is 1.14 bits per heavy atom. The average molecular weight is 290 g/mol. The van der Waals surface area contributed by atoms with Crippen molar-refractivity contribution in [2.24, 2.45) is 11.8 Å². The van der Waals surface area contributed by atoms with Crippen molar-refractivity contribution in [3.63, 3.8) is 0 Å². The molecular weight excluding hydrogens is 264 g/mol. The van der Waals surface area contributed by atoms with E-state index in [2.05, 4.69) is 32.6 Å². The number of rotatable bonds is 6. The van der Waals surface area contributed by atoms with Gasteiger partial charge in [0.1, 0.15) is 0 Å². The normalized spacial score (nSPS) is 12.2. The molecule has 0 amide bonds. The Kier molecular flexibility index (Phi) is 4.88. The first-order valence-corrected chi connectivity index (χ1v) is 7.69. The number of aromatic nitrogens is 1. The maximum Gasteiger partial charge on any atom is 0.421 e. The summed E-state index contributed by atoms with van der Waals surface area (Å²) in [6.45, 7) is 13.4. The molecule has 0 aliphatic carbocycles. The summed E-state index contributed by atoms with van der Waals surface area (Å²) in [7, 11) is 0. The van der Waals surface area contributed by atoms with Crippen molar-refractivity contribution >= 4 is 11.1 Å². The van der Waals surface area contributed by atoms with E-state index >= 15 is 0 Å². The lowest BCUT2D eigenvalue weighted by atomic mass is 10.1. The molecule has 1 heterocycles. The van der Waals surface area contributed by atoms with E-state index in [0.29, 0.717) is 24.1 Å². The van der Waals surface area contributed by atoms with Gasteiger partial charge in [-0.15, -0.1) is 0 Å². The minimum Gasteiger partial charge on any atom is -0.408 e. The Morgan fingerprint density at radius 3 is 2.33 bits per heavy atom. The SMILES string of the molecule is Cc1ccc2oc(=O)n(CN(CC(C)C)CC(C)C)c2c1. The molecule has 0 aliphatic heterocycles. The molecule has 0 radical (unpaired) electrons. The van der Waals surface area contributed by atoms with Crippen LogP contribution in [0.2, 0.25) is 0 Å². The third kappa shape index (κ3) is 3.97. The highest BCUT2D eigenvalue weighted by Gasteiger charge is 2.15. The van der Waals surface area contributed by atoms with Crippen LogP contribution < -0.4 is 5.76 Å². The van der Waals surface area contributed by atoms with Gasteiger partial charge in [-0.1, -0.05) is 33.8 Å². The van der Waals surface area contributed by atoms with Crippen molar-refractivity contribution in [3.8, 4) is 0 Å². The zero-order chi connectivity index (χ0) is 15.6. The van der Waals surface area contributed by atoms with E-state index in [4.69, 9.17) is 4.42 Å². The minimum atomic E-state index is -0.270. The molecule has 1 aromatic carbocycles. The van der Waals surface area contributed by atoms with Crippen LogP contribution in [-0.2, 0) is 6.67 Å². The first kappa shape index (κ1) is 15.8. The zero-order valence-electron chi connectivity index (χ0n) is 13.7. The van der Waals surface area contributed by atoms with Crippen molar-refractivity contribution in [2.45, 2.75) is 41.3 Å². The summed E-state index contributed by atoms with van der Waals surface area (Å²) >= 11 is 0. The quantitative estimate of drug-likeness (QED) is 0.817. The summed E-state index contributed by atoms with van der Waals surface area (Å²) in [4.78, 5) is 14.5. The minimum absolute atomic E-state index is 0.270. The van der Waals surface area contributed by atoms with Gasteiger partial charge in [-0.3, -0.25) is 9.47 Å². The van der Waals surface area contributed by atoms with Gasteiger partial charge in [0.05, 0.1) is 12.2 Å². The van der Waals surface area contributed by atoms with Crippen LogP contribution in [0.15, 0.2) is 27.4 Å². The Hall–Kier alpha value is -1.55. The molecule has 0 spiro atoms. The molecule has 0 N–H and O–H groups in total. The van der Waals surface area contributed by atoms with Crippen LogP contribution in [0, 0.1) is 18.8 Å². The van der Waals surface area contributed by atoms with Crippen molar-refractivity contribution in [2.75, 3.05) is 13.1 Å². The predicted octanol–water partition coefficient (Wildman–Crippen LogP) is 3.47. The molecule has 0 fully saturated rings. The van der Waals surface area contributed by atoms with E-state index in [0.717, 1.165) is 24.2 Å². The molecular formula is C17H26N2O2. The predicted molar refractivity (Wildman–Crippen MR) is 86.5 cm³/mol. The topological polar surface area (TPSA) is 38.4 Å². The number of benzene rings is 1. The summed E-state index contributed by atoms with van der Waals surface area (Å²) in [5.74, 6) is 0.867. The van der Waals surface area contributed by atoms with E-state index in [1.807, 2.05) is 25.1 Å². The lowest BCUT2D eigenvalue weighted by molar-refractivity contribution is 0.171. The highest BCUT2D eigenvalue weighted by molar-refractivity contribution is 5.73. The largest absolute Gasteiger partial charge is 0.421 e. The Morgan fingerprint density at radius 2 is 1.76 bits per heavy atom. The zero-order valence-corrected chi connectivity index (χ0v) is 13.7. The highest BCUT2D eigenvalue weighted by Crippen LogP contribution is 2.16. The summed E-state index contributed by atoms with van der Waals surface area (Å²) in [5.41, 5.74) is 2.69. The first-order valence-electron chi connectivity index (χ1n) is 7.69. The van der Waals surface area contributed by atoms with Gasteiger partial charge in [0, 0.05) is 13.1 Å². The lowest BCUT2D eigenvalue weighted by Crippen LogP contribution is -2.35. The van der Waals surface area contributed by atoms with E-state index in [1.165, 1.54) is 0 Å². The molecule has 116 valence electrons. The van der Waals surface area contributed by atoms with E-state index in [9.17, 15) is 4.79 Å². The van der Waals surface area contributed by atoms with Crippen LogP contribution in [0.5, 0.6) is 0 Å². The van der Waals surface area contributed by atoms with E-state index < -0.39 is 0 Å². The van der Waals surface area contributed by atoms with Gasteiger partial charge in [0.25, 0.3) is 0 Å². The molecule has 21 heavy (non-hydrogen) atoms. The molecule has 4 nitrogen and oxygen atoms in total. The van der Waals surface area contributed by atoms with Crippen LogP contribution in [0.1, 0.15) is 33.3 Å². The number of fused-ring (bicyclic) bond motifs is 1. The molecule has 2 aromatic rings. The van der Waals surface area contributed by atoms with Crippen molar-refractivity contribution in [1.82, 2.24) is 9.47 Å². The smallest absolute Gasteiger partial charge is 0.408 e. The summed E-state index contributed by atoms with van der Waals surface area (Å²) in [6, 6.07) is 5.86. The van der Waals surface area contributed by atoms with Crippen LogP contribution in [0.3, 0.4) is 0 Å². The van der Waals surface area contributed by atoms with Gasteiger partial charge < -0.3 is 4.42 Å². The second-order valence-corrected chi connectivity index (χ2v) is 6.73. The van der Waals surface area contributed by atoms with Gasteiger partial charge >= 0.3 is 5.76 Å². The first-order chi connectivity index (χ1) is 9.86. The number of hydrogen-bond donors (Lipinski definition) is 0. The monoisotopic (exact) mass is 290 g/mol. The van der Waals surface area contributed by atoms with Crippen LogP contribution in [0.25, 0.3) is 11.1 Å². The number of nitrogens with zero attached hydrogens (tertiary/aromatic N) is 2. The average Bonchev–Trinajstić information content (AvgIpc) is 2.64. The molecule has 0 aliphatic rings. The van der Waals surface area contributed by atoms with Crippen molar-refractivity contribution in [1.29, 1.82) is 0 Å². The van der Waals surface area contributed by atoms with E-state index in [-0.39, 0.29) is 5.76 Å². The van der Waals surface area contributed by atoms with E-state index in [1.54, 1.807) is 4.57 Å². The molecule has 0 bridgehead atoms. The Labute approximate surface area is 126 Å². The number of oxazole rings is 1. The summed E-state index contributed by atoms with van der Waals surface area (Å²) in [6.07, 6.45) is 0. The molecule has 4 heteroatoms. The third-order valence-corrected chi connectivity index (χ3v) is 3.41. The summed E-state index contributed by atoms with van der Waals surface area (Å²) < 4.78 is 7.09. The molecule has 1 aromatic heterocycles. The Bertz CT molecular complexity index is 642. The molecule has 0 saturated heterocycles. The molecule has 2 rings (SSSR count). The second-order valence-electron chi connectivity index (χ2n) is 6.73. The van der Waals surface area contributed by atoms with Gasteiger partial charge in [-0.25, -0.2) is 4.79 Å².